The summed E-state index contributed by atoms with van der Waals surface area (Å²) in [6.07, 6.45) is -1.81. The normalized spacial score (nSPS) is 12.6. The highest BCUT2D eigenvalue weighted by molar-refractivity contribution is 6.33. The summed E-state index contributed by atoms with van der Waals surface area (Å²) in [6, 6.07) is 10.3. The summed E-state index contributed by atoms with van der Waals surface area (Å²) in [7, 11) is 0. The number of carboxylic acids is 1. The van der Waals surface area contributed by atoms with Gasteiger partial charge in [0, 0.05) is 27.9 Å². The molecule has 1 atom stereocenters. The highest BCUT2D eigenvalue weighted by Crippen LogP contribution is 2.37. The van der Waals surface area contributed by atoms with E-state index in [4.69, 9.17) is 11.6 Å². The number of benzene rings is 2. The fourth-order valence-electron chi connectivity index (χ4n) is 3.80. The van der Waals surface area contributed by atoms with Crippen LogP contribution in [0, 0.1) is 5.92 Å². The highest BCUT2D eigenvalue weighted by atomic mass is 35.5. The smallest absolute Gasteiger partial charge is 0.416 e. The maximum atomic E-state index is 13.2. The van der Waals surface area contributed by atoms with Gasteiger partial charge in [-0.15, -0.1) is 0 Å². The largest absolute Gasteiger partial charge is 0.480 e. The number of aromatic nitrogens is 3. The number of hydrogen-bond donors (Lipinski definition) is 2. The van der Waals surface area contributed by atoms with Crippen LogP contribution >= 0.6 is 11.6 Å². The lowest BCUT2D eigenvalue weighted by Gasteiger charge is -2.17. The number of alkyl halides is 3. The summed E-state index contributed by atoms with van der Waals surface area (Å²) in [6.45, 7) is 3.32. The van der Waals surface area contributed by atoms with E-state index in [0.29, 0.717) is 27.4 Å². The fraction of sp³-hybridized carbons (Fsp3) is 0.200. The number of nitrogens with zero attached hydrogens (tertiary/aromatic N) is 3. The molecule has 0 saturated heterocycles. The maximum Gasteiger partial charge on any atom is 0.416 e. The lowest BCUT2D eigenvalue weighted by atomic mass is 9.99. The third-order valence-electron chi connectivity index (χ3n) is 5.64. The first-order valence-corrected chi connectivity index (χ1v) is 11.2. The number of carbonyl (C=O) groups is 2. The zero-order valence-electron chi connectivity index (χ0n) is 19.0. The van der Waals surface area contributed by atoms with Crippen LogP contribution in [0.25, 0.3) is 28.0 Å². The second-order valence-corrected chi connectivity index (χ2v) is 8.81. The Morgan fingerprint density at radius 3 is 2.28 bits per heavy atom. The van der Waals surface area contributed by atoms with Crippen LogP contribution in [0.2, 0.25) is 5.02 Å². The van der Waals surface area contributed by atoms with E-state index in [1.54, 1.807) is 38.1 Å². The molecule has 11 heteroatoms. The van der Waals surface area contributed by atoms with E-state index in [0.717, 1.165) is 12.1 Å². The second-order valence-electron chi connectivity index (χ2n) is 8.40. The SMILES string of the molecule is CC(C)[C@H](NC(=O)c1cnn2c(-c3ccc(C(F)(F)F)cc3)c(-c3ccccc3Cl)cnc12)C(=O)O. The molecule has 0 aliphatic rings. The number of carboxylic acid groups (broad SMARTS) is 1. The van der Waals surface area contributed by atoms with Gasteiger partial charge in [-0.25, -0.2) is 14.3 Å². The molecule has 0 unspecified atom stereocenters. The van der Waals surface area contributed by atoms with Crippen LogP contribution in [0.5, 0.6) is 0 Å². The van der Waals surface area contributed by atoms with E-state index < -0.39 is 29.7 Å². The van der Waals surface area contributed by atoms with Gasteiger partial charge >= 0.3 is 12.1 Å². The van der Waals surface area contributed by atoms with Gasteiger partial charge in [0.15, 0.2) is 5.65 Å². The standard InChI is InChI=1S/C25H20ClF3N4O3/c1-13(2)20(24(35)36)32-23(34)18-12-31-33-21(14-7-9-15(10-8-14)25(27,28)29)17(11-30-22(18)33)16-5-3-4-6-19(16)26/h3-13,20H,1-2H3,(H,32,34)(H,35,36)/t20-/m0/s1. The molecule has 4 aromatic rings. The van der Waals surface area contributed by atoms with E-state index in [1.165, 1.54) is 29.0 Å². The van der Waals surface area contributed by atoms with Crippen LogP contribution in [-0.4, -0.2) is 37.6 Å². The number of nitrogens with one attached hydrogen (secondary N) is 1. The van der Waals surface area contributed by atoms with Crippen molar-refractivity contribution in [1.82, 2.24) is 19.9 Å². The third-order valence-corrected chi connectivity index (χ3v) is 5.97. The number of rotatable bonds is 6. The predicted octanol–water partition coefficient (Wildman–Crippen LogP) is 5.57. The number of fused-ring (bicyclic) bond motifs is 1. The Balaban J connectivity index is 1.90. The molecule has 0 saturated carbocycles. The van der Waals surface area contributed by atoms with Gasteiger partial charge in [-0.1, -0.05) is 55.8 Å². The Hall–Kier alpha value is -3.92. The van der Waals surface area contributed by atoms with E-state index in [9.17, 15) is 27.9 Å². The minimum absolute atomic E-state index is 0.0146. The fourth-order valence-corrected chi connectivity index (χ4v) is 4.03. The van der Waals surface area contributed by atoms with E-state index in [2.05, 4.69) is 15.4 Å². The minimum atomic E-state index is -4.51. The van der Waals surface area contributed by atoms with E-state index >= 15 is 0 Å². The Morgan fingerprint density at radius 2 is 1.69 bits per heavy atom. The highest BCUT2D eigenvalue weighted by Gasteiger charge is 2.31. The summed E-state index contributed by atoms with van der Waals surface area (Å²) < 4.78 is 40.8. The number of aliphatic carboxylic acids is 1. The molecule has 2 heterocycles. The van der Waals surface area contributed by atoms with Crippen LogP contribution in [0.15, 0.2) is 60.9 Å². The summed E-state index contributed by atoms with van der Waals surface area (Å²) >= 11 is 6.40. The van der Waals surface area contributed by atoms with Crippen LogP contribution in [0.1, 0.15) is 29.8 Å². The van der Waals surface area contributed by atoms with Gasteiger partial charge in [0.25, 0.3) is 5.91 Å². The summed E-state index contributed by atoms with van der Waals surface area (Å²) in [5.74, 6) is -2.26. The molecule has 0 fully saturated rings. The zero-order chi connectivity index (χ0) is 26.2. The van der Waals surface area contributed by atoms with Crippen molar-refractivity contribution in [2.75, 3.05) is 0 Å². The minimum Gasteiger partial charge on any atom is -0.480 e. The quantitative estimate of drug-likeness (QED) is 0.349. The van der Waals surface area contributed by atoms with Crippen LogP contribution in [0.3, 0.4) is 0 Å². The van der Waals surface area contributed by atoms with E-state index in [-0.39, 0.29) is 17.1 Å². The molecular formula is C25H20ClF3N4O3. The molecule has 0 spiro atoms. The van der Waals surface area contributed by atoms with Crippen LogP contribution in [0.4, 0.5) is 13.2 Å². The van der Waals surface area contributed by atoms with Gasteiger partial charge in [-0.3, -0.25) is 4.79 Å². The molecule has 0 aliphatic heterocycles. The van der Waals surface area contributed by atoms with Gasteiger partial charge < -0.3 is 10.4 Å². The Kier molecular flexibility index (Phi) is 6.73. The molecule has 1 amide bonds. The van der Waals surface area contributed by atoms with Crippen molar-refractivity contribution in [3.63, 3.8) is 0 Å². The molecule has 4 rings (SSSR count). The maximum absolute atomic E-state index is 13.2. The molecule has 2 aromatic carbocycles. The Labute approximate surface area is 208 Å². The van der Waals surface area contributed by atoms with E-state index in [1.807, 2.05) is 0 Å². The van der Waals surface area contributed by atoms with Crippen molar-refractivity contribution in [3.8, 4) is 22.4 Å². The monoisotopic (exact) mass is 516 g/mol. The van der Waals surface area contributed by atoms with Gasteiger partial charge in [0.1, 0.15) is 11.6 Å². The lowest BCUT2D eigenvalue weighted by molar-refractivity contribution is -0.140. The predicted molar refractivity (Wildman–Crippen MR) is 128 cm³/mol. The average Bonchev–Trinajstić information content (AvgIpc) is 3.25. The Bertz CT molecular complexity index is 1450. The van der Waals surface area contributed by atoms with Gasteiger partial charge in [0.2, 0.25) is 0 Å². The zero-order valence-corrected chi connectivity index (χ0v) is 19.8. The molecule has 7 nitrogen and oxygen atoms in total. The topological polar surface area (TPSA) is 96.6 Å². The third kappa shape index (κ3) is 4.76. The van der Waals surface area contributed by atoms with Crippen molar-refractivity contribution >= 4 is 29.1 Å². The lowest BCUT2D eigenvalue weighted by Crippen LogP contribution is -2.44. The first-order valence-electron chi connectivity index (χ1n) is 10.8. The van der Waals surface area contributed by atoms with Crippen molar-refractivity contribution in [2.24, 2.45) is 5.92 Å². The molecular weight excluding hydrogens is 497 g/mol. The Morgan fingerprint density at radius 1 is 1.03 bits per heavy atom. The van der Waals surface area contributed by atoms with Crippen molar-refractivity contribution < 1.29 is 27.9 Å². The molecule has 2 N–H and O–H groups in total. The number of carbonyl (C=O) groups excluding carboxylic acids is 1. The summed E-state index contributed by atoms with van der Waals surface area (Å²) in [4.78, 5) is 28.8. The first-order chi connectivity index (χ1) is 17.0. The van der Waals surface area contributed by atoms with Crippen LogP contribution in [-0.2, 0) is 11.0 Å². The summed E-state index contributed by atoms with van der Waals surface area (Å²) in [5.41, 5.74) is 1.09. The van der Waals surface area contributed by atoms with Crippen molar-refractivity contribution in [2.45, 2.75) is 26.1 Å². The van der Waals surface area contributed by atoms with Gasteiger partial charge in [-0.2, -0.15) is 18.3 Å². The average molecular weight is 517 g/mol. The van der Waals surface area contributed by atoms with Crippen molar-refractivity contribution in [1.29, 1.82) is 0 Å². The number of halogens is 4. The van der Waals surface area contributed by atoms with Crippen molar-refractivity contribution in [3.05, 3.63) is 77.1 Å². The first kappa shape index (κ1) is 25.2. The molecule has 0 aliphatic carbocycles. The van der Waals surface area contributed by atoms with Crippen LogP contribution < -0.4 is 5.32 Å². The van der Waals surface area contributed by atoms with Gasteiger partial charge in [-0.05, 0) is 24.1 Å². The second kappa shape index (κ2) is 9.62. The number of amides is 1. The summed E-state index contributed by atoms with van der Waals surface area (Å²) in [5, 5.41) is 16.6. The number of hydrogen-bond acceptors (Lipinski definition) is 4. The molecule has 0 bridgehead atoms. The molecule has 0 radical (unpaired) electrons. The molecule has 2 aromatic heterocycles. The molecule has 186 valence electrons. The molecule has 36 heavy (non-hydrogen) atoms. The van der Waals surface area contributed by atoms with Gasteiger partial charge in [0.05, 0.1) is 17.5 Å².